The molecule has 0 aromatic carbocycles. The summed E-state index contributed by atoms with van der Waals surface area (Å²) in [5.74, 6) is 0.00666. The lowest BCUT2D eigenvalue weighted by Crippen LogP contribution is -2.31. The summed E-state index contributed by atoms with van der Waals surface area (Å²) in [6.07, 6.45) is 0.472. The Kier molecular flexibility index (Phi) is 3.51. The van der Waals surface area contributed by atoms with Gasteiger partial charge < -0.3 is 0 Å². The molecule has 1 aromatic heterocycles. The minimum Gasteiger partial charge on any atom is -0.278 e. The minimum atomic E-state index is -0.189. The summed E-state index contributed by atoms with van der Waals surface area (Å²) in [6.45, 7) is 2.51. The van der Waals surface area contributed by atoms with Gasteiger partial charge in [0.15, 0.2) is 0 Å². The lowest BCUT2D eigenvalue weighted by atomic mass is 10.2. The van der Waals surface area contributed by atoms with Crippen LogP contribution >= 0.6 is 43.2 Å². The second kappa shape index (κ2) is 4.58. The number of amides is 2. The van der Waals surface area contributed by atoms with Crippen LogP contribution in [-0.4, -0.2) is 23.3 Å². The standard InChI is InChI=1S/C10H9Br2NO2S/c1-5-2-8(14)13(4-5)10(15)7-3-6(11)9(12)16-7/h3,5H,2,4H2,1H3. The van der Waals surface area contributed by atoms with Crippen LogP contribution in [0.2, 0.25) is 0 Å². The molecule has 1 aliphatic heterocycles. The van der Waals surface area contributed by atoms with Crippen LogP contribution in [0.4, 0.5) is 0 Å². The highest BCUT2D eigenvalue weighted by molar-refractivity contribution is 9.13. The first-order valence-electron chi connectivity index (χ1n) is 4.78. The first-order chi connectivity index (χ1) is 7.49. The third-order valence-corrected chi connectivity index (χ3v) is 5.66. The lowest BCUT2D eigenvalue weighted by molar-refractivity contribution is -0.125. The molecular formula is C10H9Br2NO2S. The van der Waals surface area contributed by atoms with Crippen LogP contribution in [0.25, 0.3) is 0 Å². The molecule has 6 heteroatoms. The van der Waals surface area contributed by atoms with E-state index in [9.17, 15) is 9.59 Å². The first kappa shape index (κ1) is 12.3. The largest absolute Gasteiger partial charge is 0.278 e. The Morgan fingerprint density at radius 1 is 1.56 bits per heavy atom. The molecule has 0 bridgehead atoms. The molecule has 2 heterocycles. The molecule has 0 aliphatic carbocycles. The van der Waals surface area contributed by atoms with Crippen molar-refractivity contribution in [3.63, 3.8) is 0 Å². The molecule has 1 aromatic rings. The maximum Gasteiger partial charge on any atom is 0.270 e. The van der Waals surface area contributed by atoms with Crippen LogP contribution in [0.15, 0.2) is 14.3 Å². The molecule has 86 valence electrons. The van der Waals surface area contributed by atoms with E-state index in [1.54, 1.807) is 6.07 Å². The minimum absolute atomic E-state index is 0.0712. The average Bonchev–Trinajstić information content (AvgIpc) is 2.70. The zero-order chi connectivity index (χ0) is 11.9. The van der Waals surface area contributed by atoms with Gasteiger partial charge in [-0.2, -0.15) is 0 Å². The van der Waals surface area contributed by atoms with Crippen molar-refractivity contribution in [2.75, 3.05) is 6.54 Å². The zero-order valence-corrected chi connectivity index (χ0v) is 12.5. The molecule has 0 saturated carbocycles. The van der Waals surface area contributed by atoms with Gasteiger partial charge in [-0.15, -0.1) is 11.3 Å². The molecule has 1 aliphatic rings. The van der Waals surface area contributed by atoms with Crippen LogP contribution in [0.3, 0.4) is 0 Å². The van der Waals surface area contributed by atoms with Crippen molar-refractivity contribution in [3.8, 4) is 0 Å². The quantitative estimate of drug-likeness (QED) is 0.715. The van der Waals surface area contributed by atoms with Gasteiger partial charge in [-0.3, -0.25) is 14.5 Å². The van der Waals surface area contributed by atoms with Gasteiger partial charge in [-0.1, -0.05) is 6.92 Å². The monoisotopic (exact) mass is 365 g/mol. The normalized spacial score (nSPS) is 20.6. The number of carbonyl (C=O) groups excluding carboxylic acids is 2. The second-order valence-corrected chi connectivity index (χ2v) is 7.08. The van der Waals surface area contributed by atoms with Gasteiger partial charge in [-0.05, 0) is 43.8 Å². The molecule has 0 radical (unpaired) electrons. The molecule has 2 amide bonds. The lowest BCUT2D eigenvalue weighted by Gasteiger charge is -2.12. The summed E-state index contributed by atoms with van der Waals surface area (Å²) in [5.41, 5.74) is 0. The Bertz CT molecular complexity index is 438. The third kappa shape index (κ3) is 2.24. The van der Waals surface area contributed by atoms with E-state index in [1.807, 2.05) is 6.92 Å². The number of rotatable bonds is 1. The van der Waals surface area contributed by atoms with Gasteiger partial charge >= 0.3 is 0 Å². The number of hydrogen-bond acceptors (Lipinski definition) is 3. The van der Waals surface area contributed by atoms with Crippen LogP contribution < -0.4 is 0 Å². The van der Waals surface area contributed by atoms with Gasteiger partial charge in [0, 0.05) is 17.4 Å². The Morgan fingerprint density at radius 3 is 2.69 bits per heavy atom. The molecule has 1 atom stereocenters. The first-order valence-corrected chi connectivity index (χ1v) is 7.19. The van der Waals surface area contributed by atoms with Gasteiger partial charge in [0.1, 0.15) is 0 Å². The third-order valence-electron chi connectivity index (χ3n) is 2.42. The van der Waals surface area contributed by atoms with E-state index < -0.39 is 0 Å². The van der Waals surface area contributed by atoms with Crippen LogP contribution in [0, 0.1) is 5.92 Å². The van der Waals surface area contributed by atoms with E-state index in [4.69, 9.17) is 0 Å². The van der Waals surface area contributed by atoms with E-state index in [0.717, 1.165) is 8.26 Å². The Morgan fingerprint density at radius 2 is 2.25 bits per heavy atom. The predicted molar refractivity (Wildman–Crippen MR) is 69.5 cm³/mol. The number of nitrogens with zero attached hydrogens (tertiary/aromatic N) is 1. The number of likely N-dealkylation sites (tertiary alicyclic amines) is 1. The summed E-state index contributed by atoms with van der Waals surface area (Å²) < 4.78 is 1.72. The SMILES string of the molecule is CC1CC(=O)N(C(=O)c2cc(Br)c(Br)s2)C1. The number of imide groups is 1. The summed E-state index contributed by atoms with van der Waals surface area (Å²) >= 11 is 8.00. The van der Waals surface area contributed by atoms with Crippen LogP contribution in [0.1, 0.15) is 23.0 Å². The molecule has 0 spiro atoms. The van der Waals surface area contributed by atoms with Crippen molar-refractivity contribution in [1.82, 2.24) is 4.90 Å². The smallest absolute Gasteiger partial charge is 0.270 e. The Hall–Kier alpha value is -0.200. The van der Waals surface area contributed by atoms with Crippen LogP contribution in [0.5, 0.6) is 0 Å². The van der Waals surface area contributed by atoms with Gasteiger partial charge in [0.25, 0.3) is 5.91 Å². The highest BCUT2D eigenvalue weighted by Crippen LogP contribution is 2.33. The highest BCUT2D eigenvalue weighted by Gasteiger charge is 2.32. The van der Waals surface area contributed by atoms with Crippen molar-refractivity contribution < 1.29 is 9.59 Å². The van der Waals surface area contributed by atoms with Crippen molar-refractivity contribution >= 4 is 55.0 Å². The summed E-state index contributed by atoms with van der Waals surface area (Å²) in [6, 6.07) is 1.74. The average molecular weight is 367 g/mol. The van der Waals surface area contributed by atoms with Crippen molar-refractivity contribution in [1.29, 1.82) is 0 Å². The highest BCUT2D eigenvalue weighted by atomic mass is 79.9. The topological polar surface area (TPSA) is 37.4 Å². The Balaban J connectivity index is 2.22. The number of carbonyl (C=O) groups is 2. The van der Waals surface area contributed by atoms with Gasteiger partial charge in [-0.25, -0.2) is 0 Å². The van der Waals surface area contributed by atoms with Crippen molar-refractivity contribution in [2.24, 2.45) is 5.92 Å². The maximum atomic E-state index is 12.0. The molecule has 16 heavy (non-hydrogen) atoms. The van der Waals surface area contributed by atoms with E-state index in [-0.39, 0.29) is 17.7 Å². The van der Waals surface area contributed by atoms with E-state index in [0.29, 0.717) is 17.8 Å². The van der Waals surface area contributed by atoms with Crippen molar-refractivity contribution in [3.05, 3.63) is 19.2 Å². The molecular weight excluding hydrogens is 358 g/mol. The fraction of sp³-hybridized carbons (Fsp3) is 0.400. The van der Waals surface area contributed by atoms with Crippen LogP contribution in [-0.2, 0) is 4.79 Å². The Labute approximate surface area is 114 Å². The fourth-order valence-corrected chi connectivity index (χ4v) is 3.65. The molecule has 1 unspecified atom stereocenters. The van der Waals surface area contributed by atoms with Crippen molar-refractivity contribution in [2.45, 2.75) is 13.3 Å². The fourth-order valence-electron chi connectivity index (χ4n) is 1.67. The maximum absolute atomic E-state index is 12.0. The molecule has 1 fully saturated rings. The number of halogens is 2. The van der Waals surface area contributed by atoms with E-state index >= 15 is 0 Å². The van der Waals surface area contributed by atoms with E-state index in [2.05, 4.69) is 31.9 Å². The second-order valence-electron chi connectivity index (χ2n) is 3.85. The molecule has 0 N–H and O–H groups in total. The number of thiophene rings is 1. The molecule has 2 rings (SSSR count). The molecule has 3 nitrogen and oxygen atoms in total. The van der Waals surface area contributed by atoms with Gasteiger partial charge in [0.05, 0.1) is 8.66 Å². The van der Waals surface area contributed by atoms with E-state index in [1.165, 1.54) is 16.2 Å². The number of hydrogen-bond donors (Lipinski definition) is 0. The molecule has 1 saturated heterocycles. The predicted octanol–water partition coefficient (Wildman–Crippen LogP) is 3.28. The van der Waals surface area contributed by atoms with Gasteiger partial charge in [0.2, 0.25) is 5.91 Å². The summed E-state index contributed by atoms with van der Waals surface area (Å²) in [4.78, 5) is 25.5. The summed E-state index contributed by atoms with van der Waals surface area (Å²) in [5, 5.41) is 0. The zero-order valence-electron chi connectivity index (χ0n) is 8.50. The summed E-state index contributed by atoms with van der Waals surface area (Å²) in [7, 11) is 0.